The minimum atomic E-state index is -0.303. The van der Waals surface area contributed by atoms with Crippen LogP contribution in [0.15, 0.2) is 12.1 Å². The van der Waals surface area contributed by atoms with Crippen molar-refractivity contribution in [1.29, 1.82) is 0 Å². The van der Waals surface area contributed by atoms with Gasteiger partial charge in [-0.25, -0.2) is 0 Å². The number of hydrogen-bond acceptors (Lipinski definition) is 6. The number of ether oxygens (including phenoxy) is 4. The lowest BCUT2D eigenvalue weighted by molar-refractivity contribution is -0.133. The Bertz CT molecular complexity index is 682. The Labute approximate surface area is 158 Å². The van der Waals surface area contributed by atoms with Gasteiger partial charge in [-0.05, 0) is 24.1 Å². The van der Waals surface area contributed by atoms with Gasteiger partial charge in [-0.1, -0.05) is 0 Å². The maximum atomic E-state index is 12.8. The molecule has 2 saturated heterocycles. The number of hydrogen-bond donors (Lipinski definition) is 1. The van der Waals surface area contributed by atoms with Crippen molar-refractivity contribution in [2.24, 2.45) is 5.92 Å². The molecule has 27 heavy (non-hydrogen) atoms. The van der Waals surface area contributed by atoms with Crippen LogP contribution in [0.2, 0.25) is 0 Å². The molecule has 2 atom stereocenters. The summed E-state index contributed by atoms with van der Waals surface area (Å²) >= 11 is 0. The second-order valence-electron chi connectivity index (χ2n) is 6.77. The smallest absolute Gasteiger partial charge is 0.227 e. The molecule has 0 unspecified atom stereocenters. The molecule has 2 amide bonds. The number of methoxy groups -OCH3 is 3. The highest BCUT2D eigenvalue weighted by Gasteiger charge is 2.34. The molecule has 2 aliphatic heterocycles. The van der Waals surface area contributed by atoms with Crippen molar-refractivity contribution in [3.05, 3.63) is 17.7 Å². The molecule has 2 heterocycles. The van der Waals surface area contributed by atoms with Crippen LogP contribution >= 0.6 is 0 Å². The summed E-state index contributed by atoms with van der Waals surface area (Å²) in [5.41, 5.74) is 0.922. The van der Waals surface area contributed by atoms with E-state index >= 15 is 0 Å². The van der Waals surface area contributed by atoms with Gasteiger partial charge >= 0.3 is 0 Å². The Balaban J connectivity index is 1.68. The summed E-state index contributed by atoms with van der Waals surface area (Å²) in [5, 5.41) is 2.94. The Kier molecular flexibility index (Phi) is 6.05. The molecular weight excluding hydrogens is 352 g/mol. The van der Waals surface area contributed by atoms with Crippen LogP contribution in [-0.2, 0) is 20.7 Å². The molecule has 1 aromatic carbocycles. The van der Waals surface area contributed by atoms with E-state index in [-0.39, 0.29) is 23.8 Å². The van der Waals surface area contributed by atoms with Gasteiger partial charge < -0.3 is 29.2 Å². The van der Waals surface area contributed by atoms with E-state index in [2.05, 4.69) is 5.32 Å². The average molecular weight is 378 g/mol. The predicted molar refractivity (Wildman–Crippen MR) is 97.2 cm³/mol. The highest BCUT2D eigenvalue weighted by atomic mass is 16.5. The lowest BCUT2D eigenvalue weighted by atomic mass is 10.1. The van der Waals surface area contributed by atoms with Crippen molar-refractivity contribution < 1.29 is 28.5 Å². The van der Waals surface area contributed by atoms with Crippen LogP contribution in [0.5, 0.6) is 17.2 Å². The maximum absolute atomic E-state index is 12.8. The van der Waals surface area contributed by atoms with Crippen molar-refractivity contribution in [3.8, 4) is 17.2 Å². The van der Waals surface area contributed by atoms with Crippen LogP contribution in [0.25, 0.3) is 0 Å². The van der Waals surface area contributed by atoms with Crippen molar-refractivity contribution in [1.82, 2.24) is 10.2 Å². The topological polar surface area (TPSA) is 86.3 Å². The molecule has 0 radical (unpaired) electrons. The van der Waals surface area contributed by atoms with Crippen LogP contribution in [-0.4, -0.2) is 70.4 Å². The number of amides is 2. The van der Waals surface area contributed by atoms with Crippen LogP contribution in [0.3, 0.4) is 0 Å². The van der Waals surface area contributed by atoms with Gasteiger partial charge in [0.25, 0.3) is 0 Å². The first kappa shape index (κ1) is 19.3. The Hall–Kier alpha value is -2.48. The van der Waals surface area contributed by atoms with Crippen molar-refractivity contribution in [2.75, 3.05) is 47.6 Å². The summed E-state index contributed by atoms with van der Waals surface area (Å²) in [6, 6.07) is 3.56. The minimum absolute atomic E-state index is 0.0251. The first-order valence-electron chi connectivity index (χ1n) is 9.00. The van der Waals surface area contributed by atoms with Gasteiger partial charge in [-0.2, -0.15) is 0 Å². The van der Waals surface area contributed by atoms with Gasteiger partial charge in [0.15, 0.2) is 11.5 Å². The summed E-state index contributed by atoms with van der Waals surface area (Å²) in [4.78, 5) is 26.6. The zero-order valence-electron chi connectivity index (χ0n) is 15.9. The molecule has 0 spiro atoms. The number of fused-ring (bicyclic) bond motifs is 3. The first-order valence-corrected chi connectivity index (χ1v) is 9.00. The molecule has 1 aromatic rings. The van der Waals surface area contributed by atoms with E-state index in [9.17, 15) is 9.59 Å². The van der Waals surface area contributed by atoms with Crippen LogP contribution < -0.4 is 19.5 Å². The molecule has 0 aromatic heterocycles. The van der Waals surface area contributed by atoms with E-state index in [4.69, 9.17) is 18.9 Å². The standard InChI is InChI=1S/C19H26N2O6/c1-24-15-6-12(7-16(25-2)18(15)26-3)4-5-17(22)21-8-13-10-27-11-14(9-21)20-19(13)23/h6-7,13-14H,4-5,8-11H2,1-3H3,(H,20,23)/t13-,14+/m1/s1. The second kappa shape index (κ2) is 8.47. The van der Waals surface area contributed by atoms with E-state index in [0.29, 0.717) is 56.4 Å². The van der Waals surface area contributed by atoms with Gasteiger partial charge in [-0.3, -0.25) is 9.59 Å². The molecule has 0 saturated carbocycles. The molecule has 148 valence electrons. The zero-order valence-corrected chi connectivity index (χ0v) is 15.9. The zero-order chi connectivity index (χ0) is 19.4. The number of nitrogens with one attached hydrogen (secondary N) is 1. The third-order valence-corrected chi connectivity index (χ3v) is 4.94. The molecule has 8 nitrogen and oxygen atoms in total. The fourth-order valence-corrected chi connectivity index (χ4v) is 3.52. The normalized spacial score (nSPS) is 21.9. The molecule has 0 aliphatic carbocycles. The number of aryl methyl sites for hydroxylation is 1. The molecule has 2 fully saturated rings. The summed E-state index contributed by atoms with van der Waals surface area (Å²) in [6.45, 7) is 1.69. The quantitative estimate of drug-likeness (QED) is 0.781. The fourth-order valence-electron chi connectivity index (χ4n) is 3.52. The second-order valence-corrected chi connectivity index (χ2v) is 6.77. The van der Waals surface area contributed by atoms with Gasteiger partial charge in [-0.15, -0.1) is 0 Å². The van der Waals surface area contributed by atoms with Gasteiger partial charge in [0.1, 0.15) is 0 Å². The number of benzene rings is 1. The van der Waals surface area contributed by atoms with E-state index < -0.39 is 0 Å². The van der Waals surface area contributed by atoms with Gasteiger partial charge in [0, 0.05) is 19.5 Å². The van der Waals surface area contributed by atoms with Crippen molar-refractivity contribution in [3.63, 3.8) is 0 Å². The van der Waals surface area contributed by atoms with Crippen LogP contribution in [0, 0.1) is 5.92 Å². The lowest BCUT2D eigenvalue weighted by Crippen LogP contribution is -2.44. The molecular formula is C19H26N2O6. The predicted octanol–water partition coefficient (Wildman–Crippen LogP) is 0.618. The molecule has 3 rings (SSSR count). The first-order chi connectivity index (χ1) is 13.0. The lowest BCUT2D eigenvalue weighted by Gasteiger charge is -2.27. The largest absolute Gasteiger partial charge is 0.493 e. The summed E-state index contributed by atoms with van der Waals surface area (Å²) in [6.07, 6.45) is 0.881. The minimum Gasteiger partial charge on any atom is -0.493 e. The van der Waals surface area contributed by atoms with Gasteiger partial charge in [0.05, 0.1) is 46.5 Å². The molecule has 2 aliphatic rings. The Morgan fingerprint density at radius 3 is 2.48 bits per heavy atom. The summed E-state index contributed by atoms with van der Waals surface area (Å²) in [5.74, 6) is 1.35. The van der Waals surface area contributed by atoms with E-state index in [0.717, 1.165) is 5.56 Å². The highest BCUT2D eigenvalue weighted by Crippen LogP contribution is 2.38. The van der Waals surface area contributed by atoms with Crippen LogP contribution in [0.4, 0.5) is 0 Å². The Morgan fingerprint density at radius 1 is 1.15 bits per heavy atom. The number of carbonyl (C=O) groups excluding carboxylic acids is 2. The SMILES string of the molecule is COc1cc(CCC(=O)N2C[C@H]3COC[C@@H](C2)C(=O)N3)cc(OC)c1OC. The van der Waals surface area contributed by atoms with E-state index in [1.807, 2.05) is 12.1 Å². The maximum Gasteiger partial charge on any atom is 0.227 e. The average Bonchev–Trinajstić information content (AvgIpc) is 2.93. The Morgan fingerprint density at radius 2 is 1.85 bits per heavy atom. The fraction of sp³-hybridized carbons (Fsp3) is 0.579. The van der Waals surface area contributed by atoms with E-state index in [1.54, 1.807) is 26.2 Å². The van der Waals surface area contributed by atoms with Gasteiger partial charge in [0.2, 0.25) is 17.6 Å². The molecule has 1 N–H and O–H groups in total. The third kappa shape index (κ3) is 4.27. The third-order valence-electron chi connectivity index (χ3n) is 4.94. The van der Waals surface area contributed by atoms with E-state index in [1.165, 1.54) is 0 Å². The molecule has 2 bridgehead atoms. The monoisotopic (exact) mass is 378 g/mol. The number of carbonyl (C=O) groups is 2. The van der Waals surface area contributed by atoms with Crippen LogP contribution in [0.1, 0.15) is 12.0 Å². The van der Waals surface area contributed by atoms with Crippen molar-refractivity contribution in [2.45, 2.75) is 18.9 Å². The molecule has 8 heteroatoms. The number of nitrogens with zero attached hydrogens (tertiary/aromatic N) is 1. The van der Waals surface area contributed by atoms with Crippen molar-refractivity contribution >= 4 is 11.8 Å². The highest BCUT2D eigenvalue weighted by molar-refractivity contribution is 5.82. The number of rotatable bonds is 6. The summed E-state index contributed by atoms with van der Waals surface area (Å²) in [7, 11) is 4.68. The summed E-state index contributed by atoms with van der Waals surface area (Å²) < 4.78 is 21.5.